The van der Waals surface area contributed by atoms with Crippen LogP contribution in [0.1, 0.15) is 16.0 Å². The zero-order valence-corrected chi connectivity index (χ0v) is 18.6. The van der Waals surface area contributed by atoms with Gasteiger partial charge in [0.2, 0.25) is 0 Å². The van der Waals surface area contributed by atoms with Gasteiger partial charge in [-0.2, -0.15) is 4.72 Å². The number of carbonyl (C=O) groups is 1. The summed E-state index contributed by atoms with van der Waals surface area (Å²) in [7, 11) is -1.10. The first kappa shape index (κ1) is 22.6. The Balaban J connectivity index is 1.76. The smallest absolute Gasteiger partial charge is 0.324 e. The van der Waals surface area contributed by atoms with E-state index in [0.717, 1.165) is 28.2 Å². The van der Waals surface area contributed by atoms with E-state index in [1.165, 1.54) is 13.2 Å². The Morgan fingerprint density at radius 2 is 1.71 bits per heavy atom. The number of ether oxygens (including phenoxy) is 2. The third-order valence-corrected chi connectivity index (χ3v) is 7.30. The van der Waals surface area contributed by atoms with Crippen molar-refractivity contribution in [2.75, 3.05) is 14.2 Å². The molecule has 6 nitrogen and oxygen atoms in total. The predicted octanol–water partition coefficient (Wildman–Crippen LogP) is 3.22. The molecule has 160 valence electrons. The molecule has 0 amide bonds. The van der Waals surface area contributed by atoms with Gasteiger partial charge < -0.3 is 9.47 Å². The minimum atomic E-state index is -3.92. The van der Waals surface area contributed by atoms with E-state index in [4.69, 9.17) is 9.47 Å². The monoisotopic (exact) mass is 455 g/mol. The molecule has 0 spiro atoms. The summed E-state index contributed by atoms with van der Waals surface area (Å²) in [6, 6.07) is 18.5. The van der Waals surface area contributed by atoms with Crippen LogP contribution in [0.5, 0.6) is 5.75 Å². The van der Waals surface area contributed by atoms with Gasteiger partial charge in [-0.1, -0.05) is 42.2 Å². The summed E-state index contributed by atoms with van der Waals surface area (Å²) in [5.41, 5.74) is 1.60. The highest BCUT2D eigenvalue weighted by atomic mass is 32.2. The molecule has 31 heavy (non-hydrogen) atoms. The Morgan fingerprint density at radius 3 is 2.35 bits per heavy atom. The summed E-state index contributed by atoms with van der Waals surface area (Å²) in [6.07, 6.45) is 0.183. The first-order valence-electron chi connectivity index (χ1n) is 9.31. The number of carbonyl (C=O) groups excluding carboxylic acids is 1. The van der Waals surface area contributed by atoms with Gasteiger partial charge >= 0.3 is 5.97 Å². The Bertz CT molecular complexity index is 1190. The van der Waals surface area contributed by atoms with Crippen LogP contribution < -0.4 is 9.46 Å². The van der Waals surface area contributed by atoms with E-state index < -0.39 is 22.0 Å². The standard InChI is InChI=1S/C23H21NO5S2/c1-28-19-11-8-17(9-12-19)10-13-20-14-15-22(30-20)31(26,27)24-21(23(25)29-2)16-18-6-4-3-5-7-18/h3-9,11-12,14-15,21,24H,16H2,1-2H3. The maximum absolute atomic E-state index is 12.8. The normalized spacial score (nSPS) is 11.8. The molecule has 0 bridgehead atoms. The Hall–Kier alpha value is -3.12. The number of hydrogen-bond donors (Lipinski definition) is 1. The van der Waals surface area contributed by atoms with Crippen molar-refractivity contribution >= 4 is 27.3 Å². The molecule has 0 saturated carbocycles. The van der Waals surface area contributed by atoms with E-state index in [1.54, 1.807) is 25.3 Å². The number of sulfonamides is 1. The summed E-state index contributed by atoms with van der Waals surface area (Å²) in [5.74, 6) is 6.04. The van der Waals surface area contributed by atoms with Crippen LogP contribution in [0.25, 0.3) is 0 Å². The van der Waals surface area contributed by atoms with Crippen LogP contribution in [0.3, 0.4) is 0 Å². The van der Waals surface area contributed by atoms with Crippen LogP contribution in [-0.2, 0) is 26.0 Å². The number of methoxy groups -OCH3 is 2. The lowest BCUT2D eigenvalue weighted by atomic mass is 10.1. The van der Waals surface area contributed by atoms with Crippen LogP contribution in [0.15, 0.2) is 70.9 Å². The van der Waals surface area contributed by atoms with Crippen LogP contribution >= 0.6 is 11.3 Å². The van der Waals surface area contributed by atoms with E-state index in [0.29, 0.717) is 4.88 Å². The minimum Gasteiger partial charge on any atom is -0.497 e. The number of benzene rings is 2. The quantitative estimate of drug-likeness (QED) is 0.437. The number of thiophene rings is 1. The summed E-state index contributed by atoms with van der Waals surface area (Å²) in [4.78, 5) is 12.8. The van der Waals surface area contributed by atoms with Gasteiger partial charge in [0.05, 0.1) is 19.1 Å². The summed E-state index contributed by atoms with van der Waals surface area (Å²) < 4.78 is 38.1. The fourth-order valence-corrected chi connectivity index (χ4v) is 5.11. The first-order valence-corrected chi connectivity index (χ1v) is 11.6. The molecule has 0 fully saturated rings. The summed E-state index contributed by atoms with van der Waals surface area (Å²) >= 11 is 1.03. The molecular formula is C23H21NO5S2. The molecule has 0 radical (unpaired) electrons. The molecule has 1 atom stereocenters. The molecule has 1 unspecified atom stereocenters. The van der Waals surface area contributed by atoms with Crippen molar-refractivity contribution in [3.63, 3.8) is 0 Å². The van der Waals surface area contributed by atoms with E-state index >= 15 is 0 Å². The average Bonchev–Trinajstić information content (AvgIpc) is 3.28. The number of hydrogen-bond acceptors (Lipinski definition) is 6. The zero-order valence-electron chi connectivity index (χ0n) is 17.0. The second-order valence-corrected chi connectivity index (χ2v) is 9.51. The molecular weight excluding hydrogens is 434 g/mol. The third kappa shape index (κ3) is 6.18. The lowest BCUT2D eigenvalue weighted by Crippen LogP contribution is -2.42. The first-order chi connectivity index (χ1) is 14.9. The van der Waals surface area contributed by atoms with Crippen molar-refractivity contribution in [2.45, 2.75) is 16.7 Å². The van der Waals surface area contributed by atoms with Gasteiger partial charge in [-0.05, 0) is 48.4 Å². The van der Waals surface area contributed by atoms with Crippen LogP contribution in [-0.4, -0.2) is 34.6 Å². The van der Waals surface area contributed by atoms with E-state index in [9.17, 15) is 13.2 Å². The van der Waals surface area contributed by atoms with Crippen molar-refractivity contribution in [1.82, 2.24) is 4.72 Å². The molecule has 1 N–H and O–H groups in total. The second-order valence-electron chi connectivity index (χ2n) is 6.48. The molecule has 0 aliphatic heterocycles. The molecule has 0 aliphatic carbocycles. The number of nitrogens with one attached hydrogen (secondary N) is 1. The van der Waals surface area contributed by atoms with Gasteiger partial charge in [-0.25, -0.2) is 8.42 Å². The fraction of sp³-hybridized carbons (Fsp3) is 0.174. The molecule has 3 rings (SSSR count). The fourth-order valence-electron chi connectivity index (χ4n) is 2.75. The number of rotatable bonds is 7. The van der Waals surface area contributed by atoms with Crippen molar-refractivity contribution in [3.05, 3.63) is 82.7 Å². The molecule has 0 aliphatic rings. The maximum Gasteiger partial charge on any atom is 0.324 e. The minimum absolute atomic E-state index is 0.0773. The molecule has 1 heterocycles. The summed E-state index contributed by atoms with van der Waals surface area (Å²) in [6.45, 7) is 0. The number of esters is 1. The molecule has 2 aromatic carbocycles. The second kappa shape index (κ2) is 10.3. The van der Waals surface area contributed by atoms with Crippen LogP contribution in [0, 0.1) is 11.8 Å². The molecule has 3 aromatic rings. The molecule has 8 heteroatoms. The topological polar surface area (TPSA) is 81.7 Å². The average molecular weight is 456 g/mol. The zero-order chi connectivity index (χ0) is 22.3. The van der Waals surface area contributed by atoms with Gasteiger partial charge in [-0.15, -0.1) is 11.3 Å². The summed E-state index contributed by atoms with van der Waals surface area (Å²) in [5, 5.41) is 0. The van der Waals surface area contributed by atoms with Gasteiger partial charge in [0.25, 0.3) is 10.0 Å². The van der Waals surface area contributed by atoms with E-state index in [2.05, 4.69) is 16.6 Å². The Kier molecular flexibility index (Phi) is 7.47. The highest BCUT2D eigenvalue weighted by Crippen LogP contribution is 2.22. The van der Waals surface area contributed by atoms with E-state index in [1.807, 2.05) is 42.5 Å². The lowest BCUT2D eigenvalue weighted by Gasteiger charge is -2.16. The maximum atomic E-state index is 12.8. The van der Waals surface area contributed by atoms with E-state index in [-0.39, 0.29) is 10.6 Å². The van der Waals surface area contributed by atoms with Gasteiger partial charge in [0.15, 0.2) is 0 Å². The molecule has 1 aromatic heterocycles. The van der Waals surface area contributed by atoms with Crippen molar-refractivity contribution in [1.29, 1.82) is 0 Å². The third-order valence-electron chi connectivity index (χ3n) is 4.33. The highest BCUT2D eigenvalue weighted by molar-refractivity contribution is 7.91. The predicted molar refractivity (Wildman–Crippen MR) is 120 cm³/mol. The lowest BCUT2D eigenvalue weighted by molar-refractivity contribution is -0.142. The van der Waals surface area contributed by atoms with Crippen LogP contribution in [0.2, 0.25) is 0 Å². The van der Waals surface area contributed by atoms with Crippen molar-refractivity contribution < 1.29 is 22.7 Å². The van der Waals surface area contributed by atoms with Crippen molar-refractivity contribution in [2.24, 2.45) is 0 Å². The molecule has 0 saturated heterocycles. The van der Waals surface area contributed by atoms with Gasteiger partial charge in [0, 0.05) is 5.56 Å². The van der Waals surface area contributed by atoms with Gasteiger partial charge in [-0.3, -0.25) is 4.79 Å². The Labute approximate surface area is 185 Å². The van der Waals surface area contributed by atoms with Crippen molar-refractivity contribution in [3.8, 4) is 17.6 Å². The highest BCUT2D eigenvalue weighted by Gasteiger charge is 2.27. The largest absolute Gasteiger partial charge is 0.497 e. The van der Waals surface area contributed by atoms with Gasteiger partial charge in [0.1, 0.15) is 16.0 Å². The Morgan fingerprint density at radius 1 is 1.00 bits per heavy atom. The van der Waals surface area contributed by atoms with Crippen LogP contribution in [0.4, 0.5) is 0 Å². The SMILES string of the molecule is COC(=O)C(Cc1ccccc1)NS(=O)(=O)c1ccc(C#Cc2ccc(OC)cc2)s1.